The average molecular weight is 310 g/mol. The number of carbonyl (C=O) groups excluding carboxylic acids is 1. The van der Waals surface area contributed by atoms with Crippen LogP contribution in [0.1, 0.15) is 18.4 Å². The number of ether oxygens (including phenoxy) is 1. The monoisotopic (exact) mass is 309 g/mol. The van der Waals surface area contributed by atoms with Gasteiger partial charge in [-0.05, 0) is 36.6 Å². The number of hydrogen-bond donors (Lipinski definition) is 2. The molecule has 1 aliphatic carbocycles. The van der Waals surface area contributed by atoms with Crippen molar-refractivity contribution in [1.29, 1.82) is 0 Å². The number of primary amides is 1. The topological polar surface area (TPSA) is 67.6 Å². The first-order valence-corrected chi connectivity index (χ1v) is 7.68. The molecule has 3 rings (SSSR count). The van der Waals surface area contributed by atoms with Crippen molar-refractivity contribution in [3.05, 3.63) is 28.8 Å². The lowest BCUT2D eigenvalue weighted by atomic mass is 10.1. The summed E-state index contributed by atoms with van der Waals surface area (Å²) in [4.78, 5) is 13.7. The molecule has 0 bridgehead atoms. The summed E-state index contributed by atoms with van der Waals surface area (Å²) in [5.74, 6) is -0.356. The molecule has 6 heteroatoms. The first kappa shape index (κ1) is 14.6. The normalized spacial score (nSPS) is 22.3. The van der Waals surface area contributed by atoms with Crippen LogP contribution < -0.4 is 16.0 Å². The minimum absolute atomic E-state index is 0.341. The van der Waals surface area contributed by atoms with E-state index in [1.807, 2.05) is 23.1 Å². The van der Waals surface area contributed by atoms with Gasteiger partial charge < -0.3 is 20.7 Å². The van der Waals surface area contributed by atoms with Crippen LogP contribution in [0, 0.1) is 0 Å². The summed E-state index contributed by atoms with van der Waals surface area (Å²) in [7, 11) is 0. The molecule has 2 fully saturated rings. The van der Waals surface area contributed by atoms with E-state index >= 15 is 0 Å². The van der Waals surface area contributed by atoms with Crippen molar-refractivity contribution in [2.45, 2.75) is 31.5 Å². The molecule has 1 saturated carbocycles. The summed E-state index contributed by atoms with van der Waals surface area (Å²) in [6, 6.07) is 5.98. The van der Waals surface area contributed by atoms with Gasteiger partial charge >= 0.3 is 0 Å². The summed E-state index contributed by atoms with van der Waals surface area (Å²) in [5.41, 5.74) is 7.62. The van der Waals surface area contributed by atoms with Gasteiger partial charge in [0, 0.05) is 29.8 Å². The molecule has 1 aromatic rings. The van der Waals surface area contributed by atoms with E-state index in [1.165, 1.54) is 12.8 Å². The lowest BCUT2D eigenvalue weighted by molar-refractivity contribution is -0.121. The second kappa shape index (κ2) is 6.22. The van der Waals surface area contributed by atoms with Crippen molar-refractivity contribution in [3.63, 3.8) is 0 Å². The second-order valence-corrected chi connectivity index (χ2v) is 6.05. The van der Waals surface area contributed by atoms with E-state index < -0.39 is 6.04 Å². The van der Waals surface area contributed by atoms with Crippen LogP contribution in [-0.4, -0.2) is 37.7 Å². The Balaban J connectivity index is 1.85. The van der Waals surface area contributed by atoms with E-state index in [-0.39, 0.29) is 5.91 Å². The Hall–Kier alpha value is -1.30. The van der Waals surface area contributed by atoms with Crippen LogP contribution in [-0.2, 0) is 16.1 Å². The highest BCUT2D eigenvalue weighted by atomic mass is 35.5. The molecule has 21 heavy (non-hydrogen) atoms. The lowest BCUT2D eigenvalue weighted by Crippen LogP contribution is -2.53. The number of nitrogens with two attached hydrogens (primary N) is 1. The molecule has 3 N–H and O–H groups in total. The Kier molecular flexibility index (Phi) is 4.33. The van der Waals surface area contributed by atoms with Gasteiger partial charge in [0.2, 0.25) is 5.91 Å². The number of amides is 1. The van der Waals surface area contributed by atoms with E-state index in [9.17, 15) is 4.79 Å². The molecule has 0 spiro atoms. The maximum atomic E-state index is 11.7. The Labute approximate surface area is 129 Å². The first-order chi connectivity index (χ1) is 10.1. The highest BCUT2D eigenvalue weighted by molar-refractivity contribution is 6.30. The van der Waals surface area contributed by atoms with Gasteiger partial charge in [0.1, 0.15) is 6.04 Å². The molecule has 1 saturated heterocycles. The molecular formula is C15H20ClN3O2. The third-order valence-electron chi connectivity index (χ3n) is 3.97. The van der Waals surface area contributed by atoms with Crippen LogP contribution in [0.4, 0.5) is 5.69 Å². The van der Waals surface area contributed by atoms with Crippen LogP contribution >= 0.6 is 11.6 Å². The predicted molar refractivity (Wildman–Crippen MR) is 82.5 cm³/mol. The number of halogens is 1. The minimum Gasteiger partial charge on any atom is -0.377 e. The maximum absolute atomic E-state index is 11.7. The molecule has 1 unspecified atom stereocenters. The standard InChI is InChI=1S/C15H20ClN3O2/c16-11-1-4-13(10(7-11)8-18-12-2-3-12)19-5-6-21-9-14(19)15(17)20/h1,4,7,12,14,18H,2-3,5-6,8-9H2,(H2,17,20). The zero-order valence-corrected chi connectivity index (χ0v) is 12.6. The summed E-state index contributed by atoms with van der Waals surface area (Å²) in [6.45, 7) is 2.35. The number of morpholine rings is 1. The van der Waals surface area contributed by atoms with E-state index in [2.05, 4.69) is 5.32 Å². The predicted octanol–water partition coefficient (Wildman–Crippen LogP) is 1.28. The molecule has 1 atom stereocenters. The molecule has 1 aromatic carbocycles. The number of rotatable bonds is 5. The maximum Gasteiger partial charge on any atom is 0.242 e. The van der Waals surface area contributed by atoms with Gasteiger partial charge in [-0.15, -0.1) is 0 Å². The van der Waals surface area contributed by atoms with E-state index in [0.717, 1.165) is 17.8 Å². The van der Waals surface area contributed by atoms with Crippen molar-refractivity contribution >= 4 is 23.2 Å². The van der Waals surface area contributed by atoms with Crippen molar-refractivity contribution < 1.29 is 9.53 Å². The second-order valence-electron chi connectivity index (χ2n) is 5.61. The fraction of sp³-hybridized carbons (Fsp3) is 0.533. The lowest BCUT2D eigenvalue weighted by Gasteiger charge is -2.36. The third-order valence-corrected chi connectivity index (χ3v) is 4.20. The third kappa shape index (κ3) is 3.48. The van der Waals surface area contributed by atoms with Gasteiger partial charge in [-0.3, -0.25) is 4.79 Å². The summed E-state index contributed by atoms with van der Waals surface area (Å²) < 4.78 is 5.38. The van der Waals surface area contributed by atoms with Crippen LogP contribution in [0.3, 0.4) is 0 Å². The van der Waals surface area contributed by atoms with E-state index in [0.29, 0.717) is 30.8 Å². The van der Waals surface area contributed by atoms with Crippen LogP contribution in [0.2, 0.25) is 5.02 Å². The Morgan fingerprint density at radius 2 is 2.29 bits per heavy atom. The van der Waals surface area contributed by atoms with Crippen LogP contribution in [0.25, 0.3) is 0 Å². The molecule has 1 aliphatic heterocycles. The number of benzene rings is 1. The smallest absolute Gasteiger partial charge is 0.242 e. The Morgan fingerprint density at radius 3 is 3.00 bits per heavy atom. The van der Waals surface area contributed by atoms with Gasteiger partial charge in [-0.1, -0.05) is 11.6 Å². The first-order valence-electron chi connectivity index (χ1n) is 7.30. The Morgan fingerprint density at radius 1 is 1.48 bits per heavy atom. The molecule has 2 aliphatic rings. The summed E-state index contributed by atoms with van der Waals surface area (Å²) in [6.07, 6.45) is 2.47. The summed E-state index contributed by atoms with van der Waals surface area (Å²) >= 11 is 6.12. The van der Waals surface area contributed by atoms with Gasteiger partial charge in [-0.2, -0.15) is 0 Å². The molecule has 1 amide bonds. The highest BCUT2D eigenvalue weighted by Gasteiger charge is 2.29. The largest absolute Gasteiger partial charge is 0.377 e. The Bertz CT molecular complexity index is 534. The number of carbonyl (C=O) groups is 1. The average Bonchev–Trinajstić information content (AvgIpc) is 3.29. The summed E-state index contributed by atoms with van der Waals surface area (Å²) in [5, 5.41) is 4.19. The molecule has 0 radical (unpaired) electrons. The number of anilines is 1. The fourth-order valence-corrected chi connectivity index (χ4v) is 2.84. The molecular weight excluding hydrogens is 290 g/mol. The van der Waals surface area contributed by atoms with Crippen molar-refractivity contribution in [2.24, 2.45) is 5.73 Å². The molecule has 114 valence electrons. The fourth-order valence-electron chi connectivity index (χ4n) is 2.65. The molecule has 1 heterocycles. The zero-order chi connectivity index (χ0) is 14.8. The van der Waals surface area contributed by atoms with Gasteiger partial charge in [0.15, 0.2) is 0 Å². The molecule has 5 nitrogen and oxygen atoms in total. The van der Waals surface area contributed by atoms with Crippen LogP contribution in [0.5, 0.6) is 0 Å². The van der Waals surface area contributed by atoms with Gasteiger partial charge in [-0.25, -0.2) is 0 Å². The zero-order valence-electron chi connectivity index (χ0n) is 11.8. The number of nitrogens with zero attached hydrogens (tertiary/aromatic N) is 1. The van der Waals surface area contributed by atoms with Crippen LogP contribution in [0.15, 0.2) is 18.2 Å². The van der Waals surface area contributed by atoms with E-state index in [1.54, 1.807) is 0 Å². The number of hydrogen-bond acceptors (Lipinski definition) is 4. The van der Waals surface area contributed by atoms with Gasteiger partial charge in [0.25, 0.3) is 0 Å². The SMILES string of the molecule is NC(=O)C1COCCN1c1ccc(Cl)cc1CNC1CC1. The number of nitrogens with one attached hydrogen (secondary N) is 1. The van der Waals surface area contributed by atoms with Crippen molar-refractivity contribution in [2.75, 3.05) is 24.7 Å². The van der Waals surface area contributed by atoms with Gasteiger partial charge in [0.05, 0.1) is 13.2 Å². The van der Waals surface area contributed by atoms with Crippen molar-refractivity contribution in [3.8, 4) is 0 Å². The quantitative estimate of drug-likeness (QED) is 0.860. The molecule has 0 aromatic heterocycles. The minimum atomic E-state index is -0.417. The van der Waals surface area contributed by atoms with Crippen molar-refractivity contribution in [1.82, 2.24) is 5.32 Å². The highest BCUT2D eigenvalue weighted by Crippen LogP contribution is 2.28. The van der Waals surface area contributed by atoms with E-state index in [4.69, 9.17) is 22.1 Å².